The molecule has 0 saturated carbocycles. The third kappa shape index (κ3) is 4.90. The average Bonchev–Trinajstić information content (AvgIpc) is 2.30. The van der Waals surface area contributed by atoms with E-state index < -0.39 is 23.7 Å². The van der Waals surface area contributed by atoms with E-state index in [1.165, 1.54) is 0 Å². The predicted octanol–water partition coefficient (Wildman–Crippen LogP) is 3.64. The summed E-state index contributed by atoms with van der Waals surface area (Å²) >= 11 is 10.9. The maximum absolute atomic E-state index is 12.4. The largest absolute Gasteiger partial charge is 0.416 e. The van der Waals surface area contributed by atoms with E-state index in [2.05, 4.69) is 5.32 Å². The maximum Gasteiger partial charge on any atom is 0.416 e. The zero-order chi connectivity index (χ0) is 15.3. The van der Waals surface area contributed by atoms with Gasteiger partial charge in [-0.2, -0.15) is 13.2 Å². The molecule has 3 amide bonds. The number of hydrogen-bond donors (Lipinski definition) is 2. The monoisotopic (exact) mass is 328 g/mol. The highest BCUT2D eigenvalue weighted by Crippen LogP contribution is 2.33. The van der Waals surface area contributed by atoms with E-state index in [0.717, 1.165) is 12.1 Å². The summed E-state index contributed by atoms with van der Waals surface area (Å²) in [5.74, 6) is -0.569. The van der Waals surface area contributed by atoms with Crippen molar-refractivity contribution in [3.05, 3.63) is 28.8 Å². The van der Waals surface area contributed by atoms with Crippen LogP contribution < -0.4 is 10.6 Å². The number of alkyl halides is 4. The molecule has 110 valence electrons. The molecule has 0 aliphatic carbocycles. The lowest BCUT2D eigenvalue weighted by Gasteiger charge is -2.11. The Labute approximate surface area is 122 Å². The number of benzene rings is 1. The van der Waals surface area contributed by atoms with Gasteiger partial charge in [0.2, 0.25) is 5.91 Å². The molecule has 20 heavy (non-hydrogen) atoms. The summed E-state index contributed by atoms with van der Waals surface area (Å²) < 4.78 is 37.2. The van der Waals surface area contributed by atoms with Crippen LogP contribution in [0.5, 0.6) is 0 Å². The lowest BCUT2D eigenvalue weighted by molar-refractivity contribution is -0.137. The topological polar surface area (TPSA) is 58.2 Å². The Morgan fingerprint density at radius 3 is 2.40 bits per heavy atom. The Morgan fingerprint density at radius 1 is 1.25 bits per heavy atom. The molecule has 1 rings (SSSR count). The summed E-state index contributed by atoms with van der Waals surface area (Å²) in [5.41, 5.74) is -0.984. The second kappa shape index (κ2) is 6.81. The molecule has 0 bridgehead atoms. The summed E-state index contributed by atoms with van der Waals surface area (Å²) in [6.07, 6.45) is -4.59. The van der Waals surface area contributed by atoms with Crippen LogP contribution in [0.4, 0.5) is 23.7 Å². The first kappa shape index (κ1) is 16.6. The van der Waals surface area contributed by atoms with E-state index in [9.17, 15) is 22.8 Å². The number of halogens is 5. The molecule has 4 nitrogen and oxygen atoms in total. The van der Waals surface area contributed by atoms with Crippen molar-refractivity contribution in [2.75, 3.05) is 11.2 Å². The van der Waals surface area contributed by atoms with Crippen molar-refractivity contribution < 1.29 is 22.8 Å². The number of nitrogens with one attached hydrogen (secondary N) is 2. The molecular formula is C11H9Cl2F3N2O2. The van der Waals surface area contributed by atoms with E-state index >= 15 is 0 Å². The SMILES string of the molecule is O=C(CCCl)NC(=O)Nc1ccc(C(F)(F)F)cc1Cl. The fraction of sp³-hybridized carbons (Fsp3) is 0.273. The number of imide groups is 1. The number of amides is 3. The number of carbonyl (C=O) groups excluding carboxylic acids is 2. The van der Waals surface area contributed by atoms with Crippen LogP contribution in [-0.2, 0) is 11.0 Å². The van der Waals surface area contributed by atoms with Crippen molar-refractivity contribution in [2.24, 2.45) is 0 Å². The van der Waals surface area contributed by atoms with Crippen molar-refractivity contribution >= 4 is 40.8 Å². The average molecular weight is 329 g/mol. The molecule has 1 aromatic carbocycles. The van der Waals surface area contributed by atoms with Crippen LogP contribution in [-0.4, -0.2) is 17.8 Å². The van der Waals surface area contributed by atoms with E-state index in [1.807, 2.05) is 5.32 Å². The highest BCUT2D eigenvalue weighted by molar-refractivity contribution is 6.33. The molecule has 0 unspecified atom stereocenters. The Bertz CT molecular complexity index is 521. The van der Waals surface area contributed by atoms with Gasteiger partial charge < -0.3 is 5.32 Å². The van der Waals surface area contributed by atoms with Crippen LogP contribution in [0.15, 0.2) is 18.2 Å². The summed E-state index contributed by atoms with van der Waals surface area (Å²) in [6, 6.07) is 1.54. The quantitative estimate of drug-likeness (QED) is 0.832. The Morgan fingerprint density at radius 2 is 1.90 bits per heavy atom. The minimum Gasteiger partial charge on any atom is -0.306 e. The molecule has 0 aromatic heterocycles. The second-order valence-corrected chi connectivity index (χ2v) is 4.42. The first-order valence-electron chi connectivity index (χ1n) is 5.27. The number of hydrogen-bond acceptors (Lipinski definition) is 2. The van der Waals surface area contributed by atoms with Crippen LogP contribution in [0.2, 0.25) is 5.02 Å². The van der Waals surface area contributed by atoms with Gasteiger partial charge in [0.15, 0.2) is 0 Å². The molecule has 0 radical (unpaired) electrons. The van der Waals surface area contributed by atoms with Crippen molar-refractivity contribution in [1.29, 1.82) is 0 Å². The van der Waals surface area contributed by atoms with Crippen LogP contribution in [0.1, 0.15) is 12.0 Å². The standard InChI is InChI=1S/C11H9Cl2F3N2O2/c12-4-3-9(19)18-10(20)17-8-2-1-6(5-7(8)13)11(14,15)16/h1-2,5H,3-4H2,(H2,17,18,19,20). The minimum absolute atomic E-state index is 0.0418. The van der Waals surface area contributed by atoms with Gasteiger partial charge >= 0.3 is 12.2 Å². The van der Waals surface area contributed by atoms with E-state index in [1.54, 1.807) is 0 Å². The van der Waals surface area contributed by atoms with Gasteiger partial charge in [0.25, 0.3) is 0 Å². The first-order chi connectivity index (χ1) is 9.24. The smallest absolute Gasteiger partial charge is 0.306 e. The minimum atomic E-state index is -4.53. The van der Waals surface area contributed by atoms with Gasteiger partial charge in [-0.15, -0.1) is 11.6 Å². The highest BCUT2D eigenvalue weighted by atomic mass is 35.5. The van der Waals surface area contributed by atoms with Crippen molar-refractivity contribution in [2.45, 2.75) is 12.6 Å². The summed E-state index contributed by atoms with van der Waals surface area (Å²) in [4.78, 5) is 22.4. The lowest BCUT2D eigenvalue weighted by Crippen LogP contribution is -2.34. The molecule has 9 heteroatoms. The molecule has 1 aromatic rings. The lowest BCUT2D eigenvalue weighted by atomic mass is 10.2. The van der Waals surface area contributed by atoms with Gasteiger partial charge in [0.1, 0.15) is 0 Å². The molecule has 0 atom stereocenters. The molecule has 0 fully saturated rings. The van der Waals surface area contributed by atoms with Gasteiger partial charge in [-0.25, -0.2) is 4.79 Å². The highest BCUT2D eigenvalue weighted by Gasteiger charge is 2.31. The molecule has 0 heterocycles. The van der Waals surface area contributed by atoms with Gasteiger partial charge in [-0.3, -0.25) is 10.1 Å². The molecule has 2 N–H and O–H groups in total. The zero-order valence-electron chi connectivity index (χ0n) is 9.85. The number of rotatable bonds is 3. The third-order valence-electron chi connectivity index (χ3n) is 2.12. The molecule has 0 saturated heterocycles. The first-order valence-corrected chi connectivity index (χ1v) is 6.19. The Hall–Kier alpha value is -1.47. The molecular weight excluding hydrogens is 320 g/mol. The van der Waals surface area contributed by atoms with Gasteiger partial charge in [-0.1, -0.05) is 11.6 Å². The van der Waals surface area contributed by atoms with Crippen molar-refractivity contribution in [3.63, 3.8) is 0 Å². The van der Waals surface area contributed by atoms with Gasteiger partial charge in [0, 0.05) is 12.3 Å². The van der Waals surface area contributed by atoms with Crippen molar-refractivity contribution in [1.82, 2.24) is 5.32 Å². The molecule has 0 aliphatic heterocycles. The van der Waals surface area contributed by atoms with Crippen molar-refractivity contribution in [3.8, 4) is 0 Å². The zero-order valence-corrected chi connectivity index (χ0v) is 11.4. The number of anilines is 1. The van der Waals surface area contributed by atoms with E-state index in [4.69, 9.17) is 23.2 Å². The van der Waals surface area contributed by atoms with E-state index in [-0.39, 0.29) is 23.0 Å². The predicted molar refractivity (Wildman–Crippen MR) is 69.0 cm³/mol. The van der Waals surface area contributed by atoms with Gasteiger partial charge in [-0.05, 0) is 18.2 Å². The van der Waals surface area contributed by atoms with Crippen LogP contribution in [0.25, 0.3) is 0 Å². The van der Waals surface area contributed by atoms with Crippen LogP contribution in [0, 0.1) is 0 Å². The summed E-state index contributed by atoms with van der Waals surface area (Å²) in [6.45, 7) is 0. The third-order valence-corrected chi connectivity index (χ3v) is 2.62. The summed E-state index contributed by atoms with van der Waals surface area (Å²) in [7, 11) is 0. The van der Waals surface area contributed by atoms with E-state index in [0.29, 0.717) is 6.07 Å². The number of carbonyl (C=O) groups is 2. The van der Waals surface area contributed by atoms with Gasteiger partial charge in [0.05, 0.1) is 16.3 Å². The molecule has 0 spiro atoms. The fourth-order valence-electron chi connectivity index (χ4n) is 1.22. The fourth-order valence-corrected chi connectivity index (χ4v) is 1.62. The van der Waals surface area contributed by atoms with Crippen LogP contribution >= 0.6 is 23.2 Å². The maximum atomic E-state index is 12.4. The second-order valence-electron chi connectivity index (χ2n) is 3.63. The Kier molecular flexibility index (Phi) is 5.64. The Balaban J connectivity index is 2.74. The van der Waals surface area contributed by atoms with Crippen LogP contribution in [0.3, 0.4) is 0 Å². The summed E-state index contributed by atoms with van der Waals surface area (Å²) in [5, 5.41) is 3.82. The number of urea groups is 1. The molecule has 0 aliphatic rings. The normalized spacial score (nSPS) is 11.1.